The van der Waals surface area contributed by atoms with E-state index in [1.54, 1.807) is 44.3 Å². The van der Waals surface area contributed by atoms with E-state index < -0.39 is 15.6 Å². The van der Waals surface area contributed by atoms with Gasteiger partial charge in [-0.2, -0.15) is 0 Å². The van der Waals surface area contributed by atoms with Crippen molar-refractivity contribution in [1.82, 2.24) is 14.7 Å². The molecule has 2 aromatic heterocycles. The number of nitrogens with zero attached hydrogens (tertiary/aromatic N) is 1. The van der Waals surface area contributed by atoms with Gasteiger partial charge in [-0.05, 0) is 49.2 Å². The van der Waals surface area contributed by atoms with Gasteiger partial charge < -0.3 is 10.1 Å². The molecule has 1 aromatic carbocycles. The van der Waals surface area contributed by atoms with Gasteiger partial charge in [0.2, 0.25) is 10.0 Å². The second-order valence-electron chi connectivity index (χ2n) is 6.26. The first-order valence-electron chi connectivity index (χ1n) is 7.51. The van der Waals surface area contributed by atoms with Crippen molar-refractivity contribution in [2.75, 3.05) is 6.54 Å². The van der Waals surface area contributed by atoms with Crippen LogP contribution in [-0.4, -0.2) is 35.6 Å². The smallest absolute Gasteiger partial charge is 0.240 e. The lowest BCUT2D eigenvalue weighted by Crippen LogP contribution is -2.38. The van der Waals surface area contributed by atoms with Crippen molar-refractivity contribution in [3.63, 3.8) is 0 Å². The third-order valence-corrected chi connectivity index (χ3v) is 5.05. The molecule has 126 valence electrons. The van der Waals surface area contributed by atoms with Crippen molar-refractivity contribution in [1.29, 1.82) is 0 Å². The number of hydrogen-bond donors (Lipinski definition) is 3. The van der Waals surface area contributed by atoms with Crippen LogP contribution >= 0.6 is 0 Å². The van der Waals surface area contributed by atoms with E-state index in [0.717, 1.165) is 22.2 Å². The molecule has 0 spiro atoms. The minimum Gasteiger partial charge on any atom is -0.389 e. The Morgan fingerprint density at radius 3 is 2.54 bits per heavy atom. The van der Waals surface area contributed by atoms with Crippen LogP contribution in [0.1, 0.15) is 13.8 Å². The Morgan fingerprint density at radius 1 is 1.17 bits per heavy atom. The Kier molecular flexibility index (Phi) is 4.16. The first-order valence-corrected chi connectivity index (χ1v) is 8.99. The molecule has 24 heavy (non-hydrogen) atoms. The number of aromatic nitrogens is 2. The van der Waals surface area contributed by atoms with E-state index in [9.17, 15) is 13.5 Å². The lowest BCUT2D eigenvalue weighted by atomic mass is 10.0. The number of fused-ring (bicyclic) bond motifs is 1. The van der Waals surface area contributed by atoms with Gasteiger partial charge in [-0.1, -0.05) is 12.1 Å². The van der Waals surface area contributed by atoms with Crippen molar-refractivity contribution in [2.45, 2.75) is 24.3 Å². The van der Waals surface area contributed by atoms with E-state index >= 15 is 0 Å². The molecule has 0 atom stereocenters. The summed E-state index contributed by atoms with van der Waals surface area (Å²) in [5.41, 5.74) is 1.57. The van der Waals surface area contributed by atoms with E-state index in [1.807, 2.05) is 18.3 Å². The summed E-state index contributed by atoms with van der Waals surface area (Å²) < 4.78 is 26.9. The van der Waals surface area contributed by atoms with Crippen LogP contribution in [0.5, 0.6) is 0 Å². The van der Waals surface area contributed by atoms with Crippen LogP contribution in [0.4, 0.5) is 0 Å². The van der Waals surface area contributed by atoms with Gasteiger partial charge in [0.05, 0.1) is 10.5 Å². The van der Waals surface area contributed by atoms with Crippen LogP contribution in [0.2, 0.25) is 0 Å². The number of H-pyrrole nitrogens is 1. The monoisotopic (exact) mass is 345 g/mol. The highest BCUT2D eigenvalue weighted by atomic mass is 32.2. The number of sulfonamides is 1. The third-order valence-electron chi connectivity index (χ3n) is 3.63. The van der Waals surface area contributed by atoms with Gasteiger partial charge in [0, 0.05) is 24.3 Å². The van der Waals surface area contributed by atoms with Crippen molar-refractivity contribution < 1.29 is 13.5 Å². The molecule has 0 radical (unpaired) electrons. The molecule has 0 amide bonds. The largest absolute Gasteiger partial charge is 0.389 e. The maximum absolute atomic E-state index is 12.3. The topological polar surface area (TPSA) is 95.1 Å². The molecule has 0 fully saturated rings. The molecule has 0 aliphatic rings. The van der Waals surface area contributed by atoms with Gasteiger partial charge >= 0.3 is 0 Å². The van der Waals surface area contributed by atoms with Crippen molar-refractivity contribution in [3.8, 4) is 11.1 Å². The van der Waals surface area contributed by atoms with Gasteiger partial charge in [0.15, 0.2) is 0 Å². The van der Waals surface area contributed by atoms with Gasteiger partial charge in [-0.25, -0.2) is 18.1 Å². The number of pyridine rings is 1. The SMILES string of the molecule is CC(C)(O)CNS(=O)(=O)c1ccc(-c2ccnc3[nH]ccc23)cc1. The lowest BCUT2D eigenvalue weighted by Gasteiger charge is -2.17. The van der Waals surface area contributed by atoms with E-state index in [4.69, 9.17) is 0 Å². The van der Waals surface area contributed by atoms with Crippen LogP contribution in [0.25, 0.3) is 22.2 Å². The summed E-state index contributed by atoms with van der Waals surface area (Å²) >= 11 is 0. The minimum atomic E-state index is -3.65. The van der Waals surface area contributed by atoms with E-state index in [2.05, 4.69) is 14.7 Å². The maximum atomic E-state index is 12.3. The molecule has 3 rings (SSSR count). The van der Waals surface area contributed by atoms with E-state index in [0.29, 0.717) is 0 Å². The summed E-state index contributed by atoms with van der Waals surface area (Å²) in [7, 11) is -3.65. The zero-order valence-electron chi connectivity index (χ0n) is 13.4. The van der Waals surface area contributed by atoms with Crippen molar-refractivity contribution in [2.24, 2.45) is 0 Å². The first kappa shape index (κ1) is 16.6. The Balaban J connectivity index is 1.90. The number of benzene rings is 1. The highest BCUT2D eigenvalue weighted by Crippen LogP contribution is 2.27. The summed E-state index contributed by atoms with van der Waals surface area (Å²) in [6.45, 7) is 3.04. The van der Waals surface area contributed by atoms with Gasteiger partial charge in [0.1, 0.15) is 5.65 Å². The molecule has 0 saturated heterocycles. The fourth-order valence-electron chi connectivity index (χ4n) is 2.38. The van der Waals surface area contributed by atoms with Crippen molar-refractivity contribution in [3.05, 3.63) is 48.8 Å². The zero-order chi connectivity index (χ0) is 17.4. The molecule has 0 aliphatic carbocycles. The second kappa shape index (κ2) is 6.01. The first-order chi connectivity index (χ1) is 11.3. The highest BCUT2D eigenvalue weighted by molar-refractivity contribution is 7.89. The molecule has 0 unspecified atom stereocenters. The normalized spacial score (nSPS) is 12.6. The van der Waals surface area contributed by atoms with Gasteiger partial charge in [-0.3, -0.25) is 0 Å². The predicted octanol–water partition coefficient (Wildman–Crippen LogP) is 2.28. The summed E-state index contributed by atoms with van der Waals surface area (Å²) in [5, 5.41) is 10.6. The average molecular weight is 345 g/mol. The van der Waals surface area contributed by atoms with Crippen LogP contribution in [0.15, 0.2) is 53.7 Å². The molecular formula is C17H19N3O3S. The summed E-state index contributed by atoms with van der Waals surface area (Å²) in [4.78, 5) is 7.46. The average Bonchev–Trinajstić information content (AvgIpc) is 3.01. The fraction of sp³-hybridized carbons (Fsp3) is 0.235. The number of nitrogens with one attached hydrogen (secondary N) is 2. The molecule has 0 aliphatic heterocycles. The molecule has 2 heterocycles. The van der Waals surface area contributed by atoms with E-state index in [1.165, 1.54) is 0 Å². The highest BCUT2D eigenvalue weighted by Gasteiger charge is 2.19. The standard InChI is InChI=1S/C17H19N3O3S/c1-17(2,21)11-20-24(22,23)13-5-3-12(4-6-13)14-7-9-18-16-15(14)8-10-19-16/h3-10,20-21H,11H2,1-2H3,(H,18,19). The Labute approximate surface area is 140 Å². The Bertz CT molecular complexity index is 955. The minimum absolute atomic E-state index is 0.0502. The molecule has 0 bridgehead atoms. The molecule has 0 saturated carbocycles. The second-order valence-corrected chi connectivity index (χ2v) is 8.03. The van der Waals surface area contributed by atoms with Crippen LogP contribution in [-0.2, 0) is 10.0 Å². The number of hydrogen-bond acceptors (Lipinski definition) is 4. The van der Waals surface area contributed by atoms with Gasteiger partial charge in [-0.15, -0.1) is 0 Å². The van der Waals surface area contributed by atoms with E-state index in [-0.39, 0.29) is 11.4 Å². The molecule has 3 aromatic rings. The molecular weight excluding hydrogens is 326 g/mol. The Morgan fingerprint density at radius 2 is 1.88 bits per heavy atom. The Hall–Kier alpha value is -2.22. The summed E-state index contributed by atoms with van der Waals surface area (Å²) in [6.07, 6.45) is 3.53. The molecule has 7 heteroatoms. The van der Waals surface area contributed by atoms with Crippen LogP contribution in [0, 0.1) is 0 Å². The third kappa shape index (κ3) is 3.48. The quantitative estimate of drug-likeness (QED) is 0.661. The van der Waals surface area contributed by atoms with Crippen molar-refractivity contribution >= 4 is 21.1 Å². The van der Waals surface area contributed by atoms with Crippen LogP contribution < -0.4 is 4.72 Å². The maximum Gasteiger partial charge on any atom is 0.240 e. The molecule has 6 nitrogen and oxygen atoms in total. The fourth-order valence-corrected chi connectivity index (χ4v) is 3.59. The predicted molar refractivity (Wildman–Crippen MR) is 93.0 cm³/mol. The van der Waals surface area contributed by atoms with Gasteiger partial charge in [0.25, 0.3) is 0 Å². The number of rotatable bonds is 5. The zero-order valence-corrected chi connectivity index (χ0v) is 14.3. The van der Waals surface area contributed by atoms with Crippen LogP contribution in [0.3, 0.4) is 0 Å². The summed E-state index contributed by atoms with van der Waals surface area (Å²) in [5.74, 6) is 0. The number of aromatic amines is 1. The summed E-state index contributed by atoms with van der Waals surface area (Å²) in [6, 6.07) is 10.5. The number of aliphatic hydroxyl groups is 1. The lowest BCUT2D eigenvalue weighted by molar-refractivity contribution is 0.0857. The molecule has 3 N–H and O–H groups in total.